The van der Waals surface area contributed by atoms with Gasteiger partial charge < -0.3 is 0 Å². The normalized spacial score (nSPS) is 17.5. The van der Waals surface area contributed by atoms with Crippen molar-refractivity contribution in [3.63, 3.8) is 0 Å². The van der Waals surface area contributed by atoms with E-state index in [2.05, 4.69) is 11.1 Å². The first-order chi connectivity index (χ1) is 14.3. The van der Waals surface area contributed by atoms with Gasteiger partial charge >= 0.3 is 0 Å². The molecule has 0 N–H and O–H groups in total. The summed E-state index contributed by atoms with van der Waals surface area (Å²) in [7, 11) is -3.47. The van der Waals surface area contributed by atoms with Crippen molar-refractivity contribution in [2.75, 3.05) is 17.7 Å². The molecule has 1 aromatic carbocycles. The average Bonchev–Trinajstić information content (AvgIpc) is 3.37. The summed E-state index contributed by atoms with van der Waals surface area (Å²) in [5, 5.41) is 0.580. The summed E-state index contributed by atoms with van der Waals surface area (Å²) in [5.74, 6) is -0.240. The maximum atomic E-state index is 13.6. The Kier molecular flexibility index (Phi) is 5.61. The second-order valence-corrected chi connectivity index (χ2v) is 10.6. The van der Waals surface area contributed by atoms with E-state index in [1.165, 1.54) is 15.6 Å². The fourth-order valence-electron chi connectivity index (χ4n) is 3.84. The maximum Gasteiger partial charge on any atom is 0.247 e. The van der Waals surface area contributed by atoms with Crippen LogP contribution in [0.25, 0.3) is 10.2 Å². The standard InChI is InChI=1S/C21H24N4O3S2/c1-14-8-9-15(2)19-18(14)23-21(29-19)24(13-16-6-4-10-22-12-16)20(26)17-7-5-11-25(17)30(3,27)28/h4,6,8-10,12,17H,5,7,11,13H2,1-3H3. The van der Waals surface area contributed by atoms with Crippen molar-refractivity contribution in [3.05, 3.63) is 53.3 Å². The van der Waals surface area contributed by atoms with Crippen LogP contribution in [0, 0.1) is 13.8 Å². The molecule has 158 valence electrons. The van der Waals surface area contributed by atoms with E-state index in [-0.39, 0.29) is 5.91 Å². The molecule has 0 aliphatic carbocycles. The van der Waals surface area contributed by atoms with Gasteiger partial charge in [0.2, 0.25) is 15.9 Å². The molecule has 0 spiro atoms. The Morgan fingerprint density at radius 2 is 2.03 bits per heavy atom. The summed E-state index contributed by atoms with van der Waals surface area (Å²) in [6, 6.07) is 7.10. The van der Waals surface area contributed by atoms with E-state index in [1.54, 1.807) is 17.3 Å². The number of aryl methyl sites for hydroxylation is 2. The number of nitrogens with zero attached hydrogens (tertiary/aromatic N) is 4. The summed E-state index contributed by atoms with van der Waals surface area (Å²) in [4.78, 5) is 24.2. The molecule has 3 aromatic rings. The van der Waals surface area contributed by atoms with Crippen molar-refractivity contribution in [3.8, 4) is 0 Å². The SMILES string of the molecule is Cc1ccc(C)c2sc(N(Cc3cccnc3)C(=O)C3CCCN3S(C)(=O)=O)nc12. The average molecular weight is 445 g/mol. The number of carbonyl (C=O) groups is 1. The van der Waals surface area contributed by atoms with Crippen LogP contribution in [0.15, 0.2) is 36.7 Å². The summed E-state index contributed by atoms with van der Waals surface area (Å²) < 4.78 is 26.8. The zero-order valence-corrected chi connectivity index (χ0v) is 18.8. The van der Waals surface area contributed by atoms with Gasteiger partial charge in [-0.1, -0.05) is 29.5 Å². The number of anilines is 1. The van der Waals surface area contributed by atoms with E-state index in [0.29, 0.717) is 31.1 Å². The number of sulfonamides is 1. The van der Waals surface area contributed by atoms with Crippen LogP contribution in [0.4, 0.5) is 5.13 Å². The summed E-state index contributed by atoms with van der Waals surface area (Å²) in [5.41, 5.74) is 3.89. The summed E-state index contributed by atoms with van der Waals surface area (Å²) in [6.07, 6.45) is 5.74. The van der Waals surface area contributed by atoms with E-state index in [9.17, 15) is 13.2 Å². The van der Waals surface area contributed by atoms with Gasteiger partial charge in [0.25, 0.3) is 0 Å². The number of hydrogen-bond acceptors (Lipinski definition) is 6. The second-order valence-electron chi connectivity index (χ2n) is 7.69. The molecule has 1 aliphatic rings. The lowest BCUT2D eigenvalue weighted by Crippen LogP contribution is -2.47. The largest absolute Gasteiger partial charge is 0.282 e. The lowest BCUT2D eigenvalue weighted by Gasteiger charge is -2.27. The van der Waals surface area contributed by atoms with Crippen LogP contribution in [0.1, 0.15) is 29.5 Å². The van der Waals surface area contributed by atoms with Gasteiger partial charge in [0.15, 0.2) is 5.13 Å². The van der Waals surface area contributed by atoms with E-state index in [1.807, 2.05) is 32.0 Å². The molecule has 1 aliphatic heterocycles. The minimum absolute atomic E-state index is 0.240. The quantitative estimate of drug-likeness (QED) is 0.603. The molecule has 0 radical (unpaired) electrons. The summed E-state index contributed by atoms with van der Waals surface area (Å²) in [6.45, 7) is 4.69. The van der Waals surface area contributed by atoms with E-state index >= 15 is 0 Å². The van der Waals surface area contributed by atoms with Gasteiger partial charge in [-0.15, -0.1) is 0 Å². The first-order valence-corrected chi connectivity index (χ1v) is 12.5. The third-order valence-electron chi connectivity index (χ3n) is 5.41. The number of benzene rings is 1. The Hall–Kier alpha value is -2.36. The highest BCUT2D eigenvalue weighted by Crippen LogP contribution is 2.35. The van der Waals surface area contributed by atoms with Crippen molar-refractivity contribution in [1.29, 1.82) is 0 Å². The van der Waals surface area contributed by atoms with Crippen LogP contribution < -0.4 is 4.90 Å². The Morgan fingerprint density at radius 3 is 2.70 bits per heavy atom. The van der Waals surface area contributed by atoms with Crippen LogP contribution in [0.3, 0.4) is 0 Å². The fourth-order valence-corrected chi connectivity index (χ4v) is 6.08. The topological polar surface area (TPSA) is 83.5 Å². The predicted octanol–water partition coefficient (Wildman–Crippen LogP) is 3.27. The smallest absolute Gasteiger partial charge is 0.247 e. The maximum absolute atomic E-state index is 13.6. The van der Waals surface area contributed by atoms with Gasteiger partial charge in [0.05, 0.1) is 23.0 Å². The lowest BCUT2D eigenvalue weighted by atomic mass is 10.1. The molecule has 3 heterocycles. The van der Waals surface area contributed by atoms with Gasteiger partial charge in [-0.05, 0) is 49.4 Å². The molecule has 1 saturated heterocycles. The zero-order valence-electron chi connectivity index (χ0n) is 17.2. The number of amides is 1. The molecular formula is C21H24N4O3S2. The van der Waals surface area contributed by atoms with Gasteiger partial charge in [-0.2, -0.15) is 4.31 Å². The van der Waals surface area contributed by atoms with Crippen LogP contribution in [0.5, 0.6) is 0 Å². The Bertz CT molecular complexity index is 1150. The van der Waals surface area contributed by atoms with Crippen molar-refractivity contribution in [2.45, 2.75) is 39.3 Å². The fraction of sp³-hybridized carbons (Fsp3) is 0.381. The first-order valence-electron chi connectivity index (χ1n) is 9.79. The minimum atomic E-state index is -3.47. The highest BCUT2D eigenvalue weighted by Gasteiger charge is 2.39. The second kappa shape index (κ2) is 8.05. The van der Waals surface area contributed by atoms with Crippen LogP contribution in [-0.2, 0) is 21.4 Å². The van der Waals surface area contributed by atoms with Crippen LogP contribution in [0.2, 0.25) is 0 Å². The Balaban J connectivity index is 1.78. The highest BCUT2D eigenvalue weighted by molar-refractivity contribution is 7.88. The lowest BCUT2D eigenvalue weighted by molar-refractivity contribution is -0.121. The first kappa shape index (κ1) is 20.9. The van der Waals surface area contributed by atoms with Gasteiger partial charge in [-0.25, -0.2) is 13.4 Å². The van der Waals surface area contributed by atoms with Gasteiger partial charge in [0.1, 0.15) is 6.04 Å². The molecule has 9 heteroatoms. The van der Waals surface area contributed by atoms with Crippen molar-refractivity contribution in [1.82, 2.24) is 14.3 Å². The molecule has 1 unspecified atom stereocenters. The third kappa shape index (κ3) is 3.97. The molecular weight excluding hydrogens is 420 g/mol. The number of thiazole rings is 1. The molecule has 30 heavy (non-hydrogen) atoms. The van der Waals surface area contributed by atoms with Gasteiger partial charge in [-0.3, -0.25) is 14.7 Å². The van der Waals surface area contributed by atoms with Crippen molar-refractivity contribution >= 4 is 42.6 Å². The van der Waals surface area contributed by atoms with E-state index in [0.717, 1.165) is 33.2 Å². The molecule has 0 saturated carbocycles. The molecule has 0 bridgehead atoms. The molecule has 1 amide bonds. The van der Waals surface area contributed by atoms with E-state index in [4.69, 9.17) is 4.98 Å². The number of hydrogen-bond donors (Lipinski definition) is 0. The molecule has 2 aromatic heterocycles. The van der Waals surface area contributed by atoms with Gasteiger partial charge in [0, 0.05) is 18.9 Å². The molecule has 1 atom stereocenters. The number of fused-ring (bicyclic) bond motifs is 1. The number of aromatic nitrogens is 2. The number of pyridine rings is 1. The predicted molar refractivity (Wildman–Crippen MR) is 119 cm³/mol. The monoisotopic (exact) mass is 444 g/mol. The van der Waals surface area contributed by atoms with Crippen molar-refractivity contribution < 1.29 is 13.2 Å². The molecule has 4 rings (SSSR count). The van der Waals surface area contributed by atoms with Crippen LogP contribution >= 0.6 is 11.3 Å². The molecule has 7 nitrogen and oxygen atoms in total. The number of rotatable bonds is 5. The van der Waals surface area contributed by atoms with Crippen LogP contribution in [-0.4, -0.2) is 47.4 Å². The highest BCUT2D eigenvalue weighted by atomic mass is 32.2. The van der Waals surface area contributed by atoms with Crippen molar-refractivity contribution in [2.24, 2.45) is 0 Å². The molecule has 1 fully saturated rings. The minimum Gasteiger partial charge on any atom is -0.282 e. The summed E-state index contributed by atoms with van der Waals surface area (Å²) >= 11 is 1.47. The third-order valence-corrected chi connectivity index (χ3v) is 7.91. The Morgan fingerprint density at radius 1 is 1.27 bits per heavy atom. The Labute approximate surface area is 180 Å². The zero-order chi connectivity index (χ0) is 21.5. The van der Waals surface area contributed by atoms with E-state index < -0.39 is 16.1 Å². The number of carbonyl (C=O) groups excluding carboxylic acids is 1.